The molecule has 2 heterocycles. The van der Waals surface area contributed by atoms with Crippen LogP contribution in [-0.4, -0.2) is 36.1 Å². The molecule has 3 rings (SSSR count). The highest BCUT2D eigenvalue weighted by atomic mass is 35.5. The fourth-order valence-electron chi connectivity index (χ4n) is 2.65. The van der Waals surface area contributed by atoms with Crippen molar-refractivity contribution in [3.8, 4) is 0 Å². The molecule has 2 fully saturated rings. The van der Waals surface area contributed by atoms with Gasteiger partial charge in [-0.05, 0) is 24.1 Å². The monoisotopic (exact) mass is 294 g/mol. The summed E-state index contributed by atoms with van der Waals surface area (Å²) in [5.41, 5.74) is 1.69. The Morgan fingerprint density at radius 1 is 1.30 bits per heavy atom. The minimum Gasteiger partial charge on any atom is -0.389 e. The molecule has 0 saturated carbocycles. The molecule has 2 amide bonds. The molecule has 106 valence electrons. The first-order chi connectivity index (χ1) is 9.54. The SMILES string of the molecule is O=C1CCC(c2ccc(N3CC(O)C3)cc2Cl)C(=O)N1. The van der Waals surface area contributed by atoms with Crippen LogP contribution < -0.4 is 10.2 Å². The average Bonchev–Trinajstić information content (AvgIpc) is 2.36. The van der Waals surface area contributed by atoms with Gasteiger partial charge in [0.25, 0.3) is 0 Å². The van der Waals surface area contributed by atoms with Crippen LogP contribution in [-0.2, 0) is 9.59 Å². The second-order valence-electron chi connectivity index (χ2n) is 5.27. The number of halogens is 1. The number of hydrogen-bond acceptors (Lipinski definition) is 4. The van der Waals surface area contributed by atoms with Crippen molar-refractivity contribution in [2.75, 3.05) is 18.0 Å². The van der Waals surface area contributed by atoms with Crippen molar-refractivity contribution in [2.24, 2.45) is 0 Å². The number of imide groups is 1. The van der Waals surface area contributed by atoms with Gasteiger partial charge in [0.1, 0.15) is 0 Å². The molecule has 2 N–H and O–H groups in total. The molecule has 2 saturated heterocycles. The number of carbonyl (C=O) groups is 2. The van der Waals surface area contributed by atoms with Gasteiger partial charge in [-0.15, -0.1) is 0 Å². The molecule has 0 aliphatic carbocycles. The highest BCUT2D eigenvalue weighted by Gasteiger charge is 2.30. The van der Waals surface area contributed by atoms with Crippen molar-refractivity contribution in [3.63, 3.8) is 0 Å². The zero-order valence-electron chi connectivity index (χ0n) is 10.8. The summed E-state index contributed by atoms with van der Waals surface area (Å²) < 4.78 is 0. The normalized spacial score (nSPS) is 23.5. The van der Waals surface area contributed by atoms with Crippen molar-refractivity contribution in [1.29, 1.82) is 0 Å². The smallest absolute Gasteiger partial charge is 0.234 e. The topological polar surface area (TPSA) is 69.6 Å². The van der Waals surface area contributed by atoms with E-state index in [9.17, 15) is 14.7 Å². The molecule has 0 spiro atoms. The summed E-state index contributed by atoms with van der Waals surface area (Å²) in [7, 11) is 0. The number of aliphatic hydroxyl groups is 1. The number of nitrogens with zero attached hydrogens (tertiary/aromatic N) is 1. The summed E-state index contributed by atoms with van der Waals surface area (Å²) in [6.07, 6.45) is 0.558. The Morgan fingerprint density at radius 2 is 2.05 bits per heavy atom. The first kappa shape index (κ1) is 13.4. The van der Waals surface area contributed by atoms with Gasteiger partial charge < -0.3 is 10.0 Å². The van der Waals surface area contributed by atoms with Crippen LogP contribution >= 0.6 is 11.6 Å². The van der Waals surface area contributed by atoms with Crippen LogP contribution in [0.25, 0.3) is 0 Å². The lowest BCUT2D eigenvalue weighted by atomic mass is 9.90. The predicted molar refractivity (Wildman–Crippen MR) is 74.8 cm³/mol. The number of β-amino-alcohol motifs (C(OH)–C–C–N with tert-alkyl or cyclic N) is 1. The maximum absolute atomic E-state index is 11.9. The summed E-state index contributed by atoms with van der Waals surface area (Å²) in [5, 5.41) is 12.2. The molecule has 1 unspecified atom stereocenters. The maximum Gasteiger partial charge on any atom is 0.234 e. The van der Waals surface area contributed by atoms with E-state index in [1.807, 2.05) is 23.1 Å². The number of amides is 2. The standard InChI is InChI=1S/C14H15ClN2O3/c15-12-5-8(17-6-9(18)7-17)1-2-10(12)11-3-4-13(19)16-14(11)20/h1-2,5,9,11,18H,3-4,6-7H2,(H,16,19,20). The van der Waals surface area contributed by atoms with Gasteiger partial charge in [-0.25, -0.2) is 0 Å². The lowest BCUT2D eigenvalue weighted by Gasteiger charge is -2.38. The second kappa shape index (κ2) is 5.07. The Morgan fingerprint density at radius 3 is 2.65 bits per heavy atom. The van der Waals surface area contributed by atoms with Crippen molar-refractivity contribution in [1.82, 2.24) is 5.32 Å². The van der Waals surface area contributed by atoms with E-state index in [4.69, 9.17) is 11.6 Å². The van der Waals surface area contributed by atoms with E-state index in [1.165, 1.54) is 0 Å². The predicted octanol–water partition coefficient (Wildman–Crippen LogP) is 1.04. The number of benzene rings is 1. The number of aliphatic hydroxyl groups excluding tert-OH is 1. The van der Waals surface area contributed by atoms with E-state index in [-0.39, 0.29) is 23.8 Å². The van der Waals surface area contributed by atoms with Crippen LogP contribution in [0.15, 0.2) is 18.2 Å². The minimum atomic E-state index is -0.365. The zero-order valence-corrected chi connectivity index (χ0v) is 11.6. The van der Waals surface area contributed by atoms with E-state index in [0.717, 1.165) is 11.3 Å². The summed E-state index contributed by atoms with van der Waals surface area (Å²) in [5.74, 6) is -0.875. The molecular formula is C14H15ClN2O3. The van der Waals surface area contributed by atoms with Crippen LogP contribution in [0.2, 0.25) is 5.02 Å². The van der Waals surface area contributed by atoms with Gasteiger partial charge >= 0.3 is 0 Å². The third kappa shape index (κ3) is 2.39. The van der Waals surface area contributed by atoms with Crippen LogP contribution in [0.5, 0.6) is 0 Å². The van der Waals surface area contributed by atoms with E-state index in [2.05, 4.69) is 5.32 Å². The van der Waals surface area contributed by atoms with Gasteiger partial charge in [0.2, 0.25) is 11.8 Å². The molecule has 1 aromatic carbocycles. The van der Waals surface area contributed by atoms with Crippen molar-refractivity contribution < 1.29 is 14.7 Å². The van der Waals surface area contributed by atoms with Gasteiger partial charge in [0.05, 0.1) is 12.0 Å². The molecule has 2 aliphatic heterocycles. The zero-order chi connectivity index (χ0) is 14.3. The van der Waals surface area contributed by atoms with Gasteiger partial charge in [-0.1, -0.05) is 17.7 Å². The number of piperidine rings is 1. The summed E-state index contributed by atoms with van der Waals surface area (Å²) in [4.78, 5) is 25.0. The molecule has 6 heteroatoms. The first-order valence-corrected chi connectivity index (χ1v) is 6.98. The highest BCUT2D eigenvalue weighted by Crippen LogP contribution is 2.34. The molecule has 0 bridgehead atoms. The van der Waals surface area contributed by atoms with Crippen LogP contribution in [0.1, 0.15) is 24.3 Å². The fraction of sp³-hybridized carbons (Fsp3) is 0.429. The third-order valence-corrected chi connectivity index (χ3v) is 4.15. The van der Waals surface area contributed by atoms with Gasteiger partial charge in [-0.3, -0.25) is 14.9 Å². The van der Waals surface area contributed by atoms with Gasteiger partial charge in [-0.2, -0.15) is 0 Å². The largest absolute Gasteiger partial charge is 0.389 e. The number of hydrogen-bond donors (Lipinski definition) is 2. The Kier molecular flexibility index (Phi) is 3.40. The Labute approximate surface area is 121 Å². The Hall–Kier alpha value is -1.59. The van der Waals surface area contributed by atoms with Gasteiger partial charge in [0, 0.05) is 30.2 Å². The van der Waals surface area contributed by atoms with Crippen LogP contribution in [0.4, 0.5) is 5.69 Å². The summed E-state index contributed by atoms with van der Waals surface area (Å²) in [6.45, 7) is 1.21. The fourth-order valence-corrected chi connectivity index (χ4v) is 2.96. The van der Waals surface area contributed by atoms with Gasteiger partial charge in [0.15, 0.2) is 0 Å². The van der Waals surface area contributed by atoms with Crippen molar-refractivity contribution in [3.05, 3.63) is 28.8 Å². The molecule has 0 radical (unpaired) electrons. The summed E-state index contributed by atoms with van der Waals surface area (Å²) in [6, 6.07) is 5.55. The number of nitrogens with one attached hydrogen (secondary N) is 1. The average molecular weight is 295 g/mol. The van der Waals surface area contributed by atoms with E-state index in [0.29, 0.717) is 31.0 Å². The first-order valence-electron chi connectivity index (χ1n) is 6.61. The van der Waals surface area contributed by atoms with Crippen LogP contribution in [0.3, 0.4) is 0 Å². The van der Waals surface area contributed by atoms with Crippen molar-refractivity contribution >= 4 is 29.1 Å². The van der Waals surface area contributed by atoms with Crippen molar-refractivity contribution in [2.45, 2.75) is 24.9 Å². The quantitative estimate of drug-likeness (QED) is 0.800. The summed E-state index contributed by atoms with van der Waals surface area (Å²) >= 11 is 6.27. The van der Waals surface area contributed by atoms with Crippen LogP contribution in [0, 0.1) is 0 Å². The van der Waals surface area contributed by atoms with E-state index >= 15 is 0 Å². The number of rotatable bonds is 2. The highest BCUT2D eigenvalue weighted by molar-refractivity contribution is 6.32. The second-order valence-corrected chi connectivity index (χ2v) is 5.68. The lowest BCUT2D eigenvalue weighted by molar-refractivity contribution is -0.134. The molecule has 5 nitrogen and oxygen atoms in total. The van der Waals surface area contributed by atoms with E-state index in [1.54, 1.807) is 0 Å². The Balaban J connectivity index is 1.80. The molecule has 2 aliphatic rings. The molecule has 1 aromatic rings. The molecule has 0 aromatic heterocycles. The molecule has 1 atom stereocenters. The Bertz CT molecular complexity index is 570. The van der Waals surface area contributed by atoms with E-state index < -0.39 is 0 Å². The third-order valence-electron chi connectivity index (χ3n) is 3.83. The molecule has 20 heavy (non-hydrogen) atoms. The number of carbonyl (C=O) groups excluding carboxylic acids is 2. The number of anilines is 1. The minimum absolute atomic E-state index is 0.228. The molecular weight excluding hydrogens is 280 g/mol. The lowest BCUT2D eigenvalue weighted by Crippen LogP contribution is -2.50. The maximum atomic E-state index is 11.9.